The van der Waals surface area contributed by atoms with Crippen LogP contribution in [0.3, 0.4) is 0 Å². The highest BCUT2D eigenvalue weighted by Crippen LogP contribution is 2.20. The lowest BCUT2D eigenvalue weighted by Gasteiger charge is -2.03. The second-order valence-corrected chi connectivity index (χ2v) is 4.23. The summed E-state index contributed by atoms with van der Waals surface area (Å²) in [5, 5.41) is 0. The van der Waals surface area contributed by atoms with Crippen LogP contribution in [0.25, 0.3) is 16.9 Å². The number of aromatic nitrogens is 2. The number of nitrogens with zero attached hydrogens (tertiary/aromatic N) is 2. The molecule has 0 saturated carbocycles. The fourth-order valence-electron chi connectivity index (χ4n) is 1.98. The monoisotopic (exact) mass is 250 g/mol. The molecule has 0 aliphatic rings. The van der Waals surface area contributed by atoms with Crippen molar-refractivity contribution in [3.8, 4) is 22.7 Å². The Bertz CT molecular complexity index is 657. The number of hydrogen-bond donors (Lipinski definition) is 0. The molecular formula is C16H14N2O. The van der Waals surface area contributed by atoms with Gasteiger partial charge in [0.1, 0.15) is 5.75 Å². The van der Waals surface area contributed by atoms with Crippen LogP contribution in [0.4, 0.5) is 0 Å². The number of rotatable bonds is 3. The highest BCUT2D eigenvalue weighted by Gasteiger charge is 2.03. The molecule has 19 heavy (non-hydrogen) atoms. The number of imidazole rings is 1. The zero-order chi connectivity index (χ0) is 13.1. The van der Waals surface area contributed by atoms with E-state index in [1.54, 1.807) is 7.11 Å². The maximum atomic E-state index is 5.15. The first-order chi connectivity index (χ1) is 9.36. The summed E-state index contributed by atoms with van der Waals surface area (Å²) < 4.78 is 7.16. The maximum Gasteiger partial charge on any atom is 0.119 e. The van der Waals surface area contributed by atoms with E-state index in [9.17, 15) is 0 Å². The molecule has 3 rings (SSSR count). The second-order valence-electron chi connectivity index (χ2n) is 4.23. The minimum Gasteiger partial charge on any atom is -0.497 e. The van der Waals surface area contributed by atoms with E-state index < -0.39 is 0 Å². The van der Waals surface area contributed by atoms with Gasteiger partial charge in [-0.1, -0.05) is 30.3 Å². The molecule has 0 saturated heterocycles. The summed E-state index contributed by atoms with van der Waals surface area (Å²) >= 11 is 0. The van der Waals surface area contributed by atoms with Crippen molar-refractivity contribution in [3.05, 3.63) is 67.1 Å². The minimum absolute atomic E-state index is 0.854. The van der Waals surface area contributed by atoms with Crippen LogP contribution in [0.2, 0.25) is 0 Å². The lowest BCUT2D eigenvalue weighted by Crippen LogP contribution is -1.90. The van der Waals surface area contributed by atoms with Crippen LogP contribution in [0.5, 0.6) is 5.75 Å². The van der Waals surface area contributed by atoms with Gasteiger partial charge in [-0.25, -0.2) is 4.98 Å². The molecule has 0 spiro atoms. The van der Waals surface area contributed by atoms with Gasteiger partial charge in [0.2, 0.25) is 0 Å². The molecule has 1 aromatic heterocycles. The van der Waals surface area contributed by atoms with Crippen LogP contribution in [0.1, 0.15) is 0 Å². The topological polar surface area (TPSA) is 27.1 Å². The van der Waals surface area contributed by atoms with Gasteiger partial charge in [0.25, 0.3) is 0 Å². The first kappa shape index (κ1) is 11.5. The van der Waals surface area contributed by atoms with E-state index in [0.29, 0.717) is 0 Å². The summed E-state index contributed by atoms with van der Waals surface area (Å²) in [6.45, 7) is 0. The Balaban J connectivity index is 1.92. The molecule has 3 aromatic rings. The molecule has 0 aliphatic heterocycles. The average Bonchev–Trinajstić information content (AvgIpc) is 2.98. The minimum atomic E-state index is 0.854. The molecular weight excluding hydrogens is 236 g/mol. The molecule has 94 valence electrons. The van der Waals surface area contributed by atoms with E-state index in [-0.39, 0.29) is 0 Å². The van der Waals surface area contributed by atoms with Gasteiger partial charge < -0.3 is 9.30 Å². The van der Waals surface area contributed by atoms with Crippen molar-refractivity contribution in [2.45, 2.75) is 0 Å². The number of ether oxygens (including phenoxy) is 1. The summed E-state index contributed by atoms with van der Waals surface area (Å²) in [6.07, 6.45) is 3.85. The van der Waals surface area contributed by atoms with E-state index in [1.165, 1.54) is 0 Å². The molecule has 0 radical (unpaired) electrons. The van der Waals surface area contributed by atoms with Crippen LogP contribution < -0.4 is 4.74 Å². The quantitative estimate of drug-likeness (QED) is 0.710. The van der Waals surface area contributed by atoms with Gasteiger partial charge in [0, 0.05) is 17.4 Å². The molecule has 3 heteroatoms. The van der Waals surface area contributed by atoms with Crippen LogP contribution in [0, 0.1) is 0 Å². The maximum absolute atomic E-state index is 5.15. The predicted octanol–water partition coefficient (Wildman–Crippen LogP) is 3.55. The van der Waals surface area contributed by atoms with Gasteiger partial charge in [-0.3, -0.25) is 0 Å². The third-order valence-corrected chi connectivity index (χ3v) is 3.02. The van der Waals surface area contributed by atoms with E-state index >= 15 is 0 Å². The summed E-state index contributed by atoms with van der Waals surface area (Å²) in [5.41, 5.74) is 3.15. The molecule has 0 fully saturated rings. The molecule has 1 heterocycles. The van der Waals surface area contributed by atoms with Crippen LogP contribution in [-0.4, -0.2) is 16.7 Å². The Hall–Kier alpha value is -2.55. The van der Waals surface area contributed by atoms with Crippen molar-refractivity contribution in [3.63, 3.8) is 0 Å². The van der Waals surface area contributed by atoms with Gasteiger partial charge in [-0.15, -0.1) is 0 Å². The van der Waals surface area contributed by atoms with Gasteiger partial charge >= 0.3 is 0 Å². The van der Waals surface area contributed by atoms with E-state index in [4.69, 9.17) is 4.74 Å². The molecule has 0 aliphatic carbocycles. The fourth-order valence-corrected chi connectivity index (χ4v) is 1.98. The second kappa shape index (κ2) is 4.98. The van der Waals surface area contributed by atoms with Crippen LogP contribution in [0.15, 0.2) is 67.1 Å². The standard InChI is InChI=1S/C16H14N2O/c1-19-15-9-7-14(8-10-15)18-11-16(17-12-18)13-5-3-2-4-6-13/h2-12H,1H3. The van der Waals surface area contributed by atoms with Crippen molar-refractivity contribution in [1.82, 2.24) is 9.55 Å². The Morgan fingerprint density at radius 3 is 2.37 bits per heavy atom. The third-order valence-electron chi connectivity index (χ3n) is 3.02. The number of benzene rings is 2. The molecule has 0 unspecified atom stereocenters. The summed E-state index contributed by atoms with van der Waals surface area (Å²) in [4.78, 5) is 4.44. The lowest BCUT2D eigenvalue weighted by molar-refractivity contribution is 0.415. The molecule has 3 nitrogen and oxygen atoms in total. The zero-order valence-corrected chi connectivity index (χ0v) is 10.7. The van der Waals surface area contributed by atoms with Crippen molar-refractivity contribution in [1.29, 1.82) is 0 Å². The van der Waals surface area contributed by atoms with E-state index in [2.05, 4.69) is 17.1 Å². The average molecular weight is 250 g/mol. The van der Waals surface area contributed by atoms with Gasteiger partial charge in [0.15, 0.2) is 0 Å². The van der Waals surface area contributed by atoms with E-state index in [0.717, 1.165) is 22.7 Å². The van der Waals surface area contributed by atoms with Gasteiger partial charge in [0.05, 0.1) is 19.1 Å². The number of methoxy groups -OCH3 is 1. The van der Waals surface area contributed by atoms with Crippen LogP contribution in [-0.2, 0) is 0 Å². The molecule has 2 aromatic carbocycles. The summed E-state index contributed by atoms with van der Waals surface area (Å²) in [5.74, 6) is 0.854. The fraction of sp³-hybridized carbons (Fsp3) is 0.0625. The normalized spacial score (nSPS) is 10.4. The Morgan fingerprint density at radius 1 is 0.947 bits per heavy atom. The summed E-state index contributed by atoms with van der Waals surface area (Å²) in [6, 6.07) is 18.1. The smallest absolute Gasteiger partial charge is 0.119 e. The Morgan fingerprint density at radius 2 is 1.68 bits per heavy atom. The summed E-state index contributed by atoms with van der Waals surface area (Å²) in [7, 11) is 1.67. The van der Waals surface area contributed by atoms with Crippen LogP contribution >= 0.6 is 0 Å². The number of hydrogen-bond acceptors (Lipinski definition) is 2. The van der Waals surface area contributed by atoms with Gasteiger partial charge in [-0.05, 0) is 24.3 Å². The van der Waals surface area contributed by atoms with Crippen molar-refractivity contribution in [2.75, 3.05) is 7.11 Å². The third kappa shape index (κ3) is 2.36. The lowest BCUT2D eigenvalue weighted by atomic mass is 10.2. The highest BCUT2D eigenvalue weighted by atomic mass is 16.5. The zero-order valence-electron chi connectivity index (χ0n) is 10.7. The van der Waals surface area contributed by atoms with Crippen molar-refractivity contribution >= 4 is 0 Å². The van der Waals surface area contributed by atoms with Crippen molar-refractivity contribution < 1.29 is 4.74 Å². The van der Waals surface area contributed by atoms with E-state index in [1.807, 2.05) is 59.6 Å². The molecule has 0 bridgehead atoms. The highest BCUT2D eigenvalue weighted by molar-refractivity contribution is 5.58. The first-order valence-electron chi connectivity index (χ1n) is 6.10. The Labute approximate surface area is 112 Å². The SMILES string of the molecule is COc1ccc(-n2cnc(-c3ccccc3)c2)cc1. The molecule has 0 N–H and O–H groups in total. The largest absolute Gasteiger partial charge is 0.497 e. The Kier molecular flexibility index (Phi) is 3.02. The van der Waals surface area contributed by atoms with Crippen molar-refractivity contribution in [2.24, 2.45) is 0 Å². The molecule has 0 amide bonds. The predicted molar refractivity (Wildman–Crippen MR) is 75.6 cm³/mol. The molecule has 0 atom stereocenters. The first-order valence-corrected chi connectivity index (χ1v) is 6.10. The van der Waals surface area contributed by atoms with Gasteiger partial charge in [-0.2, -0.15) is 0 Å².